The van der Waals surface area contributed by atoms with Crippen LogP contribution in [-0.4, -0.2) is 123 Å². The van der Waals surface area contributed by atoms with Crippen LogP contribution in [0.25, 0.3) is 21.7 Å². The molecule has 19 heteroatoms. The molecule has 0 aliphatic carbocycles. The summed E-state index contributed by atoms with van der Waals surface area (Å²) in [6.45, 7) is 10.2. The molecule has 2 bridgehead atoms. The van der Waals surface area contributed by atoms with Crippen molar-refractivity contribution in [1.29, 1.82) is 0 Å². The molecule has 0 saturated carbocycles. The molecular weight excluding hydrogens is 901 g/mol. The number of carbonyl (C=O) groups is 2. The molecule has 3 saturated heterocycles. The number of anilines is 3. The number of aromatic hydroxyl groups is 1. The third-order valence-electron chi connectivity index (χ3n) is 13.2. The van der Waals surface area contributed by atoms with Gasteiger partial charge in [0.2, 0.25) is 17.7 Å². The maximum atomic E-state index is 14.2. The number of phenols is 1. The van der Waals surface area contributed by atoms with E-state index in [4.69, 9.17) is 24.5 Å². The SMILES string of the molecule is Cc1ncsc1-c1ccc([C@H](C)NC(=O)[C@@H]2C[C@@H](O)CN2C(=O)[C@H](c2cc(OCCOCCOc3cc(N4C5CCC4CN(c4cc(-c6ccccc6O)nnc4N)C5)ccn3)no2)C(C)C)cc1. The predicted octanol–water partition coefficient (Wildman–Crippen LogP) is 6.16. The topological polar surface area (TPSA) is 228 Å². The van der Waals surface area contributed by atoms with E-state index in [0.29, 0.717) is 35.3 Å². The number of hydrogen-bond donors (Lipinski definition) is 4. The van der Waals surface area contributed by atoms with Gasteiger partial charge in [0.1, 0.15) is 30.9 Å². The first kappa shape index (κ1) is 47.2. The van der Waals surface area contributed by atoms with Crippen LogP contribution in [0.4, 0.5) is 17.2 Å². The Morgan fingerprint density at radius 1 is 0.913 bits per heavy atom. The maximum absolute atomic E-state index is 14.2. The third kappa shape index (κ3) is 10.4. The maximum Gasteiger partial charge on any atom is 0.254 e. The molecule has 5 N–H and O–H groups in total. The lowest BCUT2D eigenvalue weighted by Gasteiger charge is -2.43. The molecule has 6 aromatic rings. The summed E-state index contributed by atoms with van der Waals surface area (Å²) < 4.78 is 23.2. The van der Waals surface area contributed by atoms with E-state index in [2.05, 4.69) is 40.4 Å². The molecule has 2 amide bonds. The smallest absolute Gasteiger partial charge is 0.254 e. The summed E-state index contributed by atoms with van der Waals surface area (Å²) in [4.78, 5) is 43.9. The van der Waals surface area contributed by atoms with Crippen molar-refractivity contribution < 1.29 is 38.5 Å². The number of hydrogen-bond acceptors (Lipinski definition) is 17. The average molecular weight is 959 g/mol. The number of pyridine rings is 1. The first-order chi connectivity index (χ1) is 33.4. The number of carbonyl (C=O) groups excluding carboxylic acids is 2. The van der Waals surface area contributed by atoms with Gasteiger partial charge in [-0.05, 0) is 73.2 Å². The Morgan fingerprint density at radius 3 is 2.36 bits per heavy atom. The van der Waals surface area contributed by atoms with Gasteiger partial charge in [-0.15, -0.1) is 21.5 Å². The highest BCUT2D eigenvalue weighted by Gasteiger charge is 2.44. The van der Waals surface area contributed by atoms with Crippen molar-refractivity contribution in [2.75, 3.05) is 61.6 Å². The number of aliphatic hydroxyl groups excluding tert-OH is 1. The van der Waals surface area contributed by atoms with Gasteiger partial charge >= 0.3 is 0 Å². The monoisotopic (exact) mass is 958 g/mol. The molecule has 69 heavy (non-hydrogen) atoms. The van der Waals surface area contributed by atoms with Gasteiger partial charge in [0.05, 0.1) is 52.8 Å². The number of aliphatic hydroxyl groups is 1. The first-order valence-electron chi connectivity index (χ1n) is 23.4. The summed E-state index contributed by atoms with van der Waals surface area (Å²) in [5.41, 5.74) is 14.2. The number of nitrogens with two attached hydrogens (primary N) is 1. The minimum atomic E-state index is -0.850. The van der Waals surface area contributed by atoms with Crippen molar-refractivity contribution in [2.24, 2.45) is 5.92 Å². The molecule has 0 radical (unpaired) electrons. The lowest BCUT2D eigenvalue weighted by molar-refractivity contribution is -0.141. The number of aromatic nitrogens is 5. The van der Waals surface area contributed by atoms with Crippen LogP contribution >= 0.6 is 11.3 Å². The van der Waals surface area contributed by atoms with Crippen LogP contribution in [-0.2, 0) is 14.3 Å². The van der Waals surface area contributed by atoms with Gasteiger partial charge in [-0.2, -0.15) is 0 Å². The molecule has 3 aliphatic heterocycles. The number of nitrogens with zero attached hydrogens (tertiary/aromatic N) is 8. The molecule has 7 heterocycles. The van der Waals surface area contributed by atoms with Crippen molar-refractivity contribution in [3.8, 4) is 39.2 Å². The predicted molar refractivity (Wildman–Crippen MR) is 260 cm³/mol. The molecule has 362 valence electrons. The van der Waals surface area contributed by atoms with Crippen LogP contribution < -0.4 is 30.3 Å². The zero-order valence-electron chi connectivity index (χ0n) is 39.1. The number of fused-ring (bicyclic) bond motifs is 2. The Hall–Kier alpha value is -6.83. The molecule has 2 aromatic carbocycles. The molecule has 9 rings (SSSR count). The highest BCUT2D eigenvalue weighted by Crippen LogP contribution is 2.40. The molecule has 0 spiro atoms. The molecule has 6 atom stereocenters. The normalized spacial score (nSPS) is 19.8. The van der Waals surface area contributed by atoms with Gasteiger partial charge in [-0.1, -0.05) is 50.2 Å². The van der Waals surface area contributed by atoms with Crippen LogP contribution in [0.2, 0.25) is 0 Å². The number of nitrogens with one attached hydrogen (secondary N) is 1. The number of thiazole rings is 1. The Morgan fingerprint density at radius 2 is 1.65 bits per heavy atom. The van der Waals surface area contributed by atoms with Gasteiger partial charge in [0.15, 0.2) is 11.6 Å². The van der Waals surface area contributed by atoms with Crippen LogP contribution in [0.3, 0.4) is 0 Å². The van der Waals surface area contributed by atoms with Crippen LogP contribution in [0.1, 0.15) is 69.0 Å². The molecular formula is C50H58N10O8S. The zero-order chi connectivity index (χ0) is 48.2. The van der Waals surface area contributed by atoms with E-state index in [-0.39, 0.29) is 80.3 Å². The summed E-state index contributed by atoms with van der Waals surface area (Å²) in [5.74, 6) is -0.111. The van der Waals surface area contributed by atoms with E-state index in [1.54, 1.807) is 35.7 Å². The second kappa shape index (κ2) is 20.8. The number of likely N-dealkylation sites (tertiary alicyclic amines) is 1. The Kier molecular flexibility index (Phi) is 14.2. The van der Waals surface area contributed by atoms with Crippen LogP contribution in [0.5, 0.6) is 17.5 Å². The van der Waals surface area contributed by atoms with Gasteiger partial charge in [0, 0.05) is 67.7 Å². The largest absolute Gasteiger partial charge is 0.507 e. The fraction of sp³-hybridized carbons (Fsp3) is 0.420. The number of ether oxygens (including phenoxy) is 3. The number of rotatable bonds is 18. The van der Waals surface area contributed by atoms with Gasteiger partial charge in [0.25, 0.3) is 5.88 Å². The van der Waals surface area contributed by atoms with E-state index in [1.165, 1.54) is 4.90 Å². The Bertz CT molecular complexity index is 2720. The van der Waals surface area contributed by atoms with Gasteiger partial charge in [-0.3, -0.25) is 9.59 Å². The van der Waals surface area contributed by atoms with Crippen molar-refractivity contribution in [2.45, 2.75) is 83.1 Å². The zero-order valence-corrected chi connectivity index (χ0v) is 39.9. The van der Waals surface area contributed by atoms with E-state index >= 15 is 0 Å². The minimum absolute atomic E-state index is 0.0306. The second-order valence-electron chi connectivity index (χ2n) is 18.2. The fourth-order valence-electron chi connectivity index (χ4n) is 9.74. The lowest BCUT2D eigenvalue weighted by Crippen LogP contribution is -2.54. The molecule has 2 unspecified atom stereocenters. The summed E-state index contributed by atoms with van der Waals surface area (Å²) in [5, 5.41) is 36.7. The van der Waals surface area contributed by atoms with Crippen LogP contribution in [0, 0.1) is 12.8 Å². The van der Waals surface area contributed by atoms with Crippen LogP contribution in [0.15, 0.2) is 89.0 Å². The molecule has 3 aliphatic rings. The first-order valence-corrected chi connectivity index (χ1v) is 24.3. The summed E-state index contributed by atoms with van der Waals surface area (Å²) >= 11 is 1.58. The summed E-state index contributed by atoms with van der Waals surface area (Å²) in [6.07, 6.45) is 3.11. The number of aryl methyl sites for hydroxylation is 1. The highest BCUT2D eigenvalue weighted by molar-refractivity contribution is 7.13. The van der Waals surface area contributed by atoms with Gasteiger partial charge < -0.3 is 54.7 Å². The number of nitrogen functional groups attached to an aromatic ring is 1. The van der Waals surface area contributed by atoms with Crippen molar-refractivity contribution in [3.63, 3.8) is 0 Å². The van der Waals surface area contributed by atoms with E-state index in [0.717, 1.165) is 59.0 Å². The number of para-hydroxylation sites is 1. The number of β-amino-alcohol motifs (C(OH)–C–C–N with tert-alkyl or cyclic N) is 1. The molecule has 3 fully saturated rings. The number of phenolic OH excluding ortho intramolecular Hbond substituents is 1. The van der Waals surface area contributed by atoms with Crippen molar-refractivity contribution in [1.82, 2.24) is 35.5 Å². The Labute approximate surface area is 404 Å². The molecule has 4 aromatic heterocycles. The minimum Gasteiger partial charge on any atom is -0.507 e. The summed E-state index contributed by atoms with van der Waals surface area (Å²) in [7, 11) is 0. The van der Waals surface area contributed by atoms with Gasteiger partial charge in [-0.25, -0.2) is 9.97 Å². The average Bonchev–Trinajstić information content (AvgIpc) is 4.15. The number of piperazine rings is 1. The second-order valence-corrected chi connectivity index (χ2v) is 19.0. The fourth-order valence-corrected chi connectivity index (χ4v) is 10.6. The van der Waals surface area contributed by atoms with E-state index in [1.807, 2.05) is 87.8 Å². The highest BCUT2D eigenvalue weighted by atomic mass is 32.1. The van der Waals surface area contributed by atoms with E-state index < -0.39 is 18.1 Å². The standard InChI is InChI=1S/C50H58N10O8S/c1-29(2)46(50(64)59-27-37(61)22-41(59)49(63)54-30(3)32-9-11-33(12-10-32)47-31(4)53-28-69-47)43-24-45(57-68-43)67-20-18-65-17-19-66-44-21-34(15-16-52-44)60-35-13-14-36(60)26-58(25-35)40-23-39(55-56-48(40)51)38-7-5-6-8-42(38)62/h5-12,15-16,21,23-24,28-30,35-37,41,46,61-62H,13-14,17-20,22,25-27H2,1-4H3,(H2,51,56)(H,54,63)/t30-,35?,36?,37+,41-,46-/m0/s1. The third-order valence-corrected chi connectivity index (χ3v) is 14.1. The van der Waals surface area contributed by atoms with E-state index in [9.17, 15) is 19.8 Å². The molecule has 18 nitrogen and oxygen atoms in total. The quantitative estimate of drug-likeness (QED) is 0.0708. The Balaban J connectivity index is 0.724. The lowest BCUT2D eigenvalue weighted by atomic mass is 9.91. The number of amides is 2. The van der Waals surface area contributed by atoms with Crippen molar-refractivity contribution >= 4 is 40.3 Å². The number of benzene rings is 2. The summed E-state index contributed by atoms with van der Waals surface area (Å²) in [6, 6.07) is 21.9. The van der Waals surface area contributed by atoms with Crippen molar-refractivity contribution in [3.05, 3.63) is 102 Å².